The van der Waals surface area contributed by atoms with Crippen molar-refractivity contribution in [2.45, 2.75) is 32.6 Å². The third kappa shape index (κ3) is 5.90. The van der Waals surface area contributed by atoms with Gasteiger partial charge in [0.15, 0.2) is 0 Å². The van der Waals surface area contributed by atoms with E-state index in [1.165, 1.54) is 25.9 Å². The molecule has 0 saturated carbocycles. The zero-order chi connectivity index (χ0) is 11.1. The molecule has 0 atom stereocenters. The molecule has 0 aromatic rings. The summed E-state index contributed by atoms with van der Waals surface area (Å²) in [5, 5.41) is 3.32. The third-order valence-corrected chi connectivity index (χ3v) is 3.17. The molecule has 0 aromatic carbocycles. The van der Waals surface area contributed by atoms with E-state index in [4.69, 9.17) is 0 Å². The van der Waals surface area contributed by atoms with Gasteiger partial charge in [-0.05, 0) is 38.9 Å². The van der Waals surface area contributed by atoms with Crippen LogP contribution in [0.1, 0.15) is 32.6 Å². The molecule has 0 amide bonds. The van der Waals surface area contributed by atoms with Crippen LogP contribution in [0.3, 0.4) is 0 Å². The van der Waals surface area contributed by atoms with Gasteiger partial charge in [0.2, 0.25) is 0 Å². The van der Waals surface area contributed by atoms with Gasteiger partial charge in [0, 0.05) is 25.9 Å². The van der Waals surface area contributed by atoms with Crippen LogP contribution >= 0.6 is 0 Å². The van der Waals surface area contributed by atoms with E-state index in [9.17, 15) is 4.79 Å². The highest BCUT2D eigenvalue weighted by molar-refractivity contribution is 5.79. The number of likely N-dealkylation sites (tertiary alicyclic amines) is 1. The predicted molar refractivity (Wildman–Crippen MR) is 63.0 cm³/mol. The molecule has 2 aliphatic rings. The highest BCUT2D eigenvalue weighted by Crippen LogP contribution is 2.08. The van der Waals surface area contributed by atoms with Gasteiger partial charge in [0.25, 0.3) is 0 Å². The summed E-state index contributed by atoms with van der Waals surface area (Å²) in [4.78, 5) is 12.8. The molecule has 2 saturated heterocycles. The molecule has 0 aromatic heterocycles. The van der Waals surface area contributed by atoms with E-state index in [0.717, 1.165) is 31.8 Å². The van der Waals surface area contributed by atoms with Gasteiger partial charge in [-0.1, -0.05) is 6.92 Å². The van der Waals surface area contributed by atoms with Crippen LogP contribution < -0.4 is 5.32 Å². The molecule has 0 radical (unpaired) electrons. The van der Waals surface area contributed by atoms with E-state index in [1.54, 1.807) is 0 Å². The molecule has 0 unspecified atom stereocenters. The van der Waals surface area contributed by atoms with Crippen LogP contribution in [0.25, 0.3) is 0 Å². The Morgan fingerprint density at radius 1 is 1.20 bits per heavy atom. The Bertz CT molecular complexity index is 178. The van der Waals surface area contributed by atoms with Gasteiger partial charge < -0.3 is 10.2 Å². The lowest BCUT2D eigenvalue weighted by Crippen LogP contribution is -2.29. The number of hydrogen-bond acceptors (Lipinski definition) is 3. The zero-order valence-corrected chi connectivity index (χ0v) is 10.1. The van der Waals surface area contributed by atoms with Crippen LogP contribution in [-0.2, 0) is 4.79 Å². The maximum absolute atomic E-state index is 10.6. The normalized spacial score (nSPS) is 24.5. The maximum atomic E-state index is 10.6. The fourth-order valence-electron chi connectivity index (χ4n) is 1.83. The number of piperidine rings is 2. The molecule has 2 rings (SSSR count). The summed E-state index contributed by atoms with van der Waals surface area (Å²) < 4.78 is 0. The molecule has 88 valence electrons. The Balaban J connectivity index is 0.000000151. The van der Waals surface area contributed by atoms with Crippen molar-refractivity contribution in [1.82, 2.24) is 10.2 Å². The second kappa shape index (κ2) is 6.96. The van der Waals surface area contributed by atoms with E-state index >= 15 is 0 Å². The first-order valence-corrected chi connectivity index (χ1v) is 6.09. The van der Waals surface area contributed by atoms with Gasteiger partial charge in [-0.25, -0.2) is 0 Å². The van der Waals surface area contributed by atoms with Crippen LogP contribution in [0.4, 0.5) is 0 Å². The van der Waals surface area contributed by atoms with E-state index < -0.39 is 0 Å². The van der Waals surface area contributed by atoms with Gasteiger partial charge in [0.05, 0.1) is 0 Å². The number of nitrogens with one attached hydrogen (secondary N) is 1. The van der Waals surface area contributed by atoms with E-state index in [2.05, 4.69) is 17.1 Å². The summed E-state index contributed by atoms with van der Waals surface area (Å²) in [7, 11) is 2.05. The molecule has 0 spiro atoms. The van der Waals surface area contributed by atoms with E-state index in [0.29, 0.717) is 5.78 Å². The molecule has 15 heavy (non-hydrogen) atoms. The molecule has 0 aliphatic carbocycles. The number of nitrogens with zero attached hydrogens (tertiary/aromatic N) is 1. The molecular formula is C12H24N2O. The number of Topliss-reactive ketones (excluding diaryl/α,β-unsaturated/α-hetero) is 1. The Morgan fingerprint density at radius 3 is 2.07 bits per heavy atom. The number of carbonyl (C=O) groups is 1. The van der Waals surface area contributed by atoms with Crippen molar-refractivity contribution in [3.8, 4) is 0 Å². The highest BCUT2D eigenvalue weighted by Gasteiger charge is 2.11. The number of carbonyl (C=O) groups excluding carboxylic acids is 1. The summed E-state index contributed by atoms with van der Waals surface area (Å²) >= 11 is 0. The monoisotopic (exact) mass is 212 g/mol. The third-order valence-electron chi connectivity index (χ3n) is 3.17. The topological polar surface area (TPSA) is 32.3 Å². The van der Waals surface area contributed by atoms with Crippen molar-refractivity contribution < 1.29 is 4.79 Å². The van der Waals surface area contributed by atoms with Gasteiger partial charge in [-0.2, -0.15) is 0 Å². The second-order valence-corrected chi connectivity index (χ2v) is 4.77. The predicted octanol–water partition coefficient (Wildman–Crippen LogP) is 1.29. The zero-order valence-electron chi connectivity index (χ0n) is 10.1. The highest BCUT2D eigenvalue weighted by atomic mass is 16.1. The molecular weight excluding hydrogens is 188 g/mol. The second-order valence-electron chi connectivity index (χ2n) is 4.77. The molecule has 1 N–H and O–H groups in total. The lowest BCUT2D eigenvalue weighted by atomic mass is 10.0. The van der Waals surface area contributed by atoms with E-state index in [1.807, 2.05) is 7.05 Å². The summed E-state index contributed by atoms with van der Waals surface area (Å²) in [6, 6.07) is 0. The Hall–Kier alpha value is -0.410. The lowest BCUT2D eigenvalue weighted by Gasteiger charge is -2.19. The molecule has 3 heteroatoms. The Kier molecular flexibility index (Phi) is 5.88. The smallest absolute Gasteiger partial charge is 0.135 e. The first-order valence-electron chi connectivity index (χ1n) is 6.09. The Morgan fingerprint density at radius 2 is 1.73 bits per heavy atom. The number of rotatable bonds is 0. The van der Waals surface area contributed by atoms with Crippen LogP contribution in [0.2, 0.25) is 0 Å². The summed E-state index contributed by atoms with van der Waals surface area (Å²) in [5.41, 5.74) is 0. The lowest BCUT2D eigenvalue weighted by molar-refractivity contribution is -0.121. The van der Waals surface area contributed by atoms with Crippen molar-refractivity contribution in [2.75, 3.05) is 33.2 Å². The Labute approximate surface area is 93.2 Å². The minimum Gasteiger partial charge on any atom is -0.317 e. The standard InChI is InChI=1S/C6H11NO.C6H13N/c1-7-4-2-6(8)3-5-7;1-6-2-4-7-5-3-6/h2-5H2,1H3;6-7H,2-5H2,1H3. The molecule has 2 heterocycles. The summed E-state index contributed by atoms with van der Waals surface area (Å²) in [6.07, 6.45) is 4.27. The van der Waals surface area contributed by atoms with Crippen molar-refractivity contribution in [2.24, 2.45) is 5.92 Å². The molecule has 2 fully saturated rings. The first-order chi connectivity index (χ1) is 7.18. The van der Waals surface area contributed by atoms with Crippen molar-refractivity contribution >= 4 is 5.78 Å². The maximum Gasteiger partial charge on any atom is 0.135 e. The fraction of sp³-hybridized carbons (Fsp3) is 0.917. The van der Waals surface area contributed by atoms with Gasteiger partial charge in [0.1, 0.15) is 5.78 Å². The van der Waals surface area contributed by atoms with Crippen molar-refractivity contribution in [3.05, 3.63) is 0 Å². The first kappa shape index (κ1) is 12.7. The molecule has 3 nitrogen and oxygen atoms in total. The number of ketones is 1. The van der Waals surface area contributed by atoms with Crippen LogP contribution in [0.15, 0.2) is 0 Å². The molecule has 0 bridgehead atoms. The van der Waals surface area contributed by atoms with Gasteiger partial charge in [-0.15, -0.1) is 0 Å². The quantitative estimate of drug-likeness (QED) is 0.656. The summed E-state index contributed by atoms with van der Waals surface area (Å²) in [6.45, 7) is 6.71. The minimum absolute atomic E-state index is 0.420. The van der Waals surface area contributed by atoms with Crippen LogP contribution in [-0.4, -0.2) is 43.9 Å². The SMILES string of the molecule is CC1CCNCC1.CN1CCC(=O)CC1. The minimum atomic E-state index is 0.420. The average molecular weight is 212 g/mol. The van der Waals surface area contributed by atoms with Gasteiger partial charge >= 0.3 is 0 Å². The van der Waals surface area contributed by atoms with Crippen LogP contribution in [0.5, 0.6) is 0 Å². The number of hydrogen-bond donors (Lipinski definition) is 1. The van der Waals surface area contributed by atoms with Crippen LogP contribution in [0, 0.1) is 5.92 Å². The fourth-order valence-corrected chi connectivity index (χ4v) is 1.83. The van der Waals surface area contributed by atoms with Gasteiger partial charge in [-0.3, -0.25) is 4.79 Å². The largest absolute Gasteiger partial charge is 0.317 e. The summed E-state index contributed by atoms with van der Waals surface area (Å²) in [5.74, 6) is 1.39. The van der Waals surface area contributed by atoms with Crippen molar-refractivity contribution in [3.63, 3.8) is 0 Å². The average Bonchev–Trinajstić information content (AvgIpc) is 2.25. The van der Waals surface area contributed by atoms with E-state index in [-0.39, 0.29) is 0 Å². The van der Waals surface area contributed by atoms with Crippen molar-refractivity contribution in [1.29, 1.82) is 0 Å². The molecule has 2 aliphatic heterocycles.